The smallest absolute Gasteiger partial charge is 0.165 e. The molecule has 1 aliphatic heterocycles. The number of para-hydroxylation sites is 1. The van der Waals surface area contributed by atoms with Gasteiger partial charge in [-0.15, -0.1) is 0 Å². The van der Waals surface area contributed by atoms with Gasteiger partial charge in [0.25, 0.3) is 0 Å². The van der Waals surface area contributed by atoms with E-state index in [-0.39, 0.29) is 0 Å². The average molecular weight is 346 g/mol. The Morgan fingerprint density at radius 1 is 1.32 bits per heavy atom. The number of ether oxygens (including phenoxy) is 2. The number of β-amino-alcohol motifs (C(OH)–C–C–N with tert-alkyl or cyclic N) is 1. The van der Waals surface area contributed by atoms with E-state index in [0.29, 0.717) is 38.4 Å². The van der Waals surface area contributed by atoms with E-state index < -0.39 is 5.60 Å². The van der Waals surface area contributed by atoms with Crippen LogP contribution < -0.4 is 9.47 Å². The van der Waals surface area contributed by atoms with Crippen molar-refractivity contribution in [1.29, 1.82) is 0 Å². The van der Waals surface area contributed by atoms with Crippen molar-refractivity contribution < 1.29 is 14.6 Å². The third-order valence-corrected chi connectivity index (χ3v) is 4.42. The fourth-order valence-electron chi connectivity index (χ4n) is 3.20. The van der Waals surface area contributed by atoms with Gasteiger partial charge >= 0.3 is 0 Å². The summed E-state index contributed by atoms with van der Waals surface area (Å²) in [5.41, 5.74) is 0.721. The molecule has 136 valence electrons. The number of aliphatic hydroxyl groups is 1. The molecule has 0 amide bonds. The Kier molecular flexibility index (Phi) is 5.55. The van der Waals surface area contributed by atoms with Crippen molar-refractivity contribution in [2.45, 2.75) is 38.8 Å². The summed E-state index contributed by atoms with van der Waals surface area (Å²) in [7, 11) is 0. The van der Waals surface area contributed by atoms with E-state index in [1.54, 1.807) is 6.20 Å². The van der Waals surface area contributed by atoms with Crippen molar-refractivity contribution in [2.75, 3.05) is 26.3 Å². The number of rotatable bonds is 8. The molecule has 0 spiro atoms. The van der Waals surface area contributed by atoms with E-state index in [1.165, 1.54) is 0 Å². The van der Waals surface area contributed by atoms with Gasteiger partial charge in [-0.05, 0) is 25.8 Å². The molecule has 1 aromatic heterocycles. The zero-order valence-electron chi connectivity index (χ0n) is 14.9. The van der Waals surface area contributed by atoms with Crippen LogP contribution in [0, 0.1) is 0 Å². The lowest BCUT2D eigenvalue weighted by Gasteiger charge is -2.22. The molecule has 2 aromatic rings. The third-order valence-electron chi connectivity index (χ3n) is 4.42. The summed E-state index contributed by atoms with van der Waals surface area (Å²) < 4.78 is 11.7. The predicted octanol–water partition coefficient (Wildman–Crippen LogP) is 2.09. The molecule has 0 bridgehead atoms. The van der Waals surface area contributed by atoms with Gasteiger partial charge in [-0.2, -0.15) is 15.4 Å². The average Bonchev–Trinajstić information content (AvgIpc) is 3.26. The number of nitrogens with one attached hydrogen (secondary N) is 1. The molecule has 0 aliphatic carbocycles. The highest BCUT2D eigenvalue weighted by Crippen LogP contribution is 2.35. The van der Waals surface area contributed by atoms with Crippen molar-refractivity contribution in [3.05, 3.63) is 35.7 Å². The maximum Gasteiger partial charge on any atom is 0.165 e. The van der Waals surface area contributed by atoms with Crippen LogP contribution in [-0.4, -0.2) is 51.7 Å². The Labute approximate surface area is 147 Å². The second-order valence-corrected chi connectivity index (χ2v) is 6.37. The van der Waals surface area contributed by atoms with Gasteiger partial charge in [-0.25, -0.2) is 0 Å². The Balaban J connectivity index is 1.75. The molecular weight excluding hydrogens is 320 g/mol. The number of aromatic nitrogens is 3. The van der Waals surface area contributed by atoms with Crippen LogP contribution >= 0.6 is 0 Å². The molecule has 1 atom stereocenters. The minimum absolute atomic E-state index is 0.519. The molecule has 7 nitrogen and oxygen atoms in total. The maximum atomic E-state index is 10.8. The van der Waals surface area contributed by atoms with E-state index >= 15 is 0 Å². The monoisotopic (exact) mass is 346 g/mol. The van der Waals surface area contributed by atoms with Gasteiger partial charge in [0.15, 0.2) is 11.5 Å². The van der Waals surface area contributed by atoms with E-state index in [0.717, 1.165) is 30.0 Å². The lowest BCUT2D eigenvalue weighted by Crippen LogP contribution is -2.31. The molecule has 0 saturated carbocycles. The van der Waals surface area contributed by atoms with Gasteiger partial charge < -0.3 is 14.6 Å². The van der Waals surface area contributed by atoms with Crippen LogP contribution in [0.25, 0.3) is 0 Å². The van der Waals surface area contributed by atoms with Gasteiger partial charge in [0.2, 0.25) is 0 Å². The zero-order valence-corrected chi connectivity index (χ0v) is 14.9. The summed E-state index contributed by atoms with van der Waals surface area (Å²) in [6, 6.07) is 5.98. The van der Waals surface area contributed by atoms with Crippen molar-refractivity contribution in [2.24, 2.45) is 0 Å². The van der Waals surface area contributed by atoms with Crippen LogP contribution in [0.1, 0.15) is 37.9 Å². The molecule has 7 heteroatoms. The molecule has 1 saturated heterocycles. The number of hydrogen-bond acceptors (Lipinski definition) is 6. The summed E-state index contributed by atoms with van der Waals surface area (Å²) in [5, 5.41) is 21.3. The normalized spacial score (nSPS) is 20.8. The van der Waals surface area contributed by atoms with Crippen molar-refractivity contribution in [3.63, 3.8) is 0 Å². The van der Waals surface area contributed by atoms with E-state index in [2.05, 4.69) is 33.3 Å². The molecule has 0 radical (unpaired) electrons. The number of H-pyrrole nitrogens is 1. The topological polar surface area (TPSA) is 83.5 Å². The highest BCUT2D eigenvalue weighted by molar-refractivity contribution is 5.46. The van der Waals surface area contributed by atoms with Crippen molar-refractivity contribution in [3.8, 4) is 11.5 Å². The number of benzene rings is 1. The first-order chi connectivity index (χ1) is 12.2. The molecule has 2 N–H and O–H groups in total. The summed E-state index contributed by atoms with van der Waals surface area (Å²) in [6.45, 7) is 7.30. The van der Waals surface area contributed by atoms with Crippen LogP contribution in [0.15, 0.2) is 24.4 Å². The second kappa shape index (κ2) is 7.84. The number of nitrogens with zero attached hydrogens (tertiary/aromatic N) is 3. The van der Waals surface area contributed by atoms with Crippen molar-refractivity contribution in [1.82, 2.24) is 20.3 Å². The second-order valence-electron chi connectivity index (χ2n) is 6.37. The predicted molar refractivity (Wildman–Crippen MR) is 93.6 cm³/mol. The summed E-state index contributed by atoms with van der Waals surface area (Å²) in [4.78, 5) is 2.21. The largest absolute Gasteiger partial charge is 0.490 e. The van der Waals surface area contributed by atoms with E-state index in [9.17, 15) is 5.11 Å². The molecule has 2 heterocycles. The van der Waals surface area contributed by atoms with Crippen LogP contribution in [0.2, 0.25) is 0 Å². The first-order valence-electron chi connectivity index (χ1n) is 8.84. The van der Waals surface area contributed by atoms with Gasteiger partial charge in [0.1, 0.15) is 11.3 Å². The quantitative estimate of drug-likeness (QED) is 0.761. The van der Waals surface area contributed by atoms with Gasteiger partial charge in [0.05, 0.1) is 19.4 Å². The summed E-state index contributed by atoms with van der Waals surface area (Å²) in [5.74, 6) is 1.59. The summed E-state index contributed by atoms with van der Waals surface area (Å²) >= 11 is 0. The minimum Gasteiger partial charge on any atom is -0.490 e. The lowest BCUT2D eigenvalue weighted by atomic mass is 10.00. The summed E-state index contributed by atoms with van der Waals surface area (Å²) in [6.07, 6.45) is 3.17. The Bertz CT molecular complexity index is 677. The molecule has 1 aliphatic rings. The zero-order chi connectivity index (χ0) is 17.7. The van der Waals surface area contributed by atoms with Crippen molar-refractivity contribution >= 4 is 0 Å². The highest BCUT2D eigenvalue weighted by atomic mass is 16.5. The maximum absolute atomic E-state index is 10.8. The Hall–Kier alpha value is -2.12. The van der Waals surface area contributed by atoms with Gasteiger partial charge in [-0.3, -0.25) is 4.90 Å². The first kappa shape index (κ1) is 17.7. The third kappa shape index (κ3) is 3.93. The minimum atomic E-state index is -0.949. The molecule has 1 unspecified atom stereocenters. The van der Waals surface area contributed by atoms with Gasteiger partial charge in [0, 0.05) is 25.2 Å². The number of likely N-dealkylation sites (tertiary alicyclic amines) is 1. The molecule has 1 aromatic carbocycles. The Morgan fingerprint density at radius 3 is 2.92 bits per heavy atom. The molecule has 3 rings (SSSR count). The Morgan fingerprint density at radius 2 is 2.20 bits per heavy atom. The van der Waals surface area contributed by atoms with Crippen LogP contribution in [0.5, 0.6) is 11.5 Å². The highest BCUT2D eigenvalue weighted by Gasteiger charge is 2.39. The number of hydrogen-bond donors (Lipinski definition) is 2. The molecule has 25 heavy (non-hydrogen) atoms. The molecular formula is C18H26N4O3. The lowest BCUT2D eigenvalue weighted by molar-refractivity contribution is 0.0407. The standard InChI is InChI=1S/C18H26N4O3/c1-3-10-25-17-14(6-5-7-15(17)24-4-2)12-22-9-8-18(23,13-22)16-11-19-21-20-16/h5-7,11,23H,3-4,8-10,12-13H2,1-2H3,(H,19,20,21). The van der Waals surface area contributed by atoms with Crippen LogP contribution in [-0.2, 0) is 12.1 Å². The van der Waals surface area contributed by atoms with Gasteiger partial charge in [-0.1, -0.05) is 19.1 Å². The fourth-order valence-corrected chi connectivity index (χ4v) is 3.20. The van der Waals surface area contributed by atoms with Crippen LogP contribution in [0.3, 0.4) is 0 Å². The number of aromatic amines is 1. The SMILES string of the molecule is CCCOc1c(CN2CCC(O)(c3cn[nH]n3)C2)cccc1OCC. The molecule has 1 fully saturated rings. The van der Waals surface area contributed by atoms with E-state index in [1.807, 2.05) is 19.1 Å². The first-order valence-corrected chi connectivity index (χ1v) is 8.84. The fraction of sp³-hybridized carbons (Fsp3) is 0.556. The van der Waals surface area contributed by atoms with E-state index in [4.69, 9.17) is 9.47 Å². The van der Waals surface area contributed by atoms with Crippen LogP contribution in [0.4, 0.5) is 0 Å².